The highest BCUT2D eigenvalue weighted by Gasteiger charge is 2.23. The standard InChI is InChI=1S/C16H29N5/c1-6-17-15-14(12(2)3)16(19-11-18-15)21(5)10-13-7-8-20(4)9-13/h11-13H,6-10H2,1-5H3,(H,17,18,19). The number of nitrogens with zero attached hydrogens (tertiary/aromatic N) is 4. The number of rotatable bonds is 6. The maximum absolute atomic E-state index is 4.57. The number of aromatic nitrogens is 2. The van der Waals surface area contributed by atoms with Gasteiger partial charge in [0.15, 0.2) is 0 Å². The Morgan fingerprint density at radius 2 is 2.19 bits per heavy atom. The van der Waals surface area contributed by atoms with E-state index in [0.29, 0.717) is 5.92 Å². The molecule has 1 atom stereocenters. The van der Waals surface area contributed by atoms with Gasteiger partial charge >= 0.3 is 0 Å². The van der Waals surface area contributed by atoms with Crippen molar-refractivity contribution in [1.82, 2.24) is 14.9 Å². The van der Waals surface area contributed by atoms with Gasteiger partial charge < -0.3 is 15.1 Å². The summed E-state index contributed by atoms with van der Waals surface area (Å²) in [5.41, 5.74) is 1.23. The second-order valence-corrected chi connectivity index (χ2v) is 6.44. The molecule has 2 heterocycles. The van der Waals surface area contributed by atoms with Crippen LogP contribution in [0.25, 0.3) is 0 Å². The van der Waals surface area contributed by atoms with Gasteiger partial charge in [0.2, 0.25) is 0 Å². The summed E-state index contributed by atoms with van der Waals surface area (Å²) in [6.07, 6.45) is 2.96. The van der Waals surface area contributed by atoms with Crippen molar-refractivity contribution in [2.45, 2.75) is 33.1 Å². The highest BCUT2D eigenvalue weighted by molar-refractivity contribution is 5.60. The molecule has 0 amide bonds. The van der Waals surface area contributed by atoms with Crippen LogP contribution in [-0.2, 0) is 0 Å². The van der Waals surface area contributed by atoms with Gasteiger partial charge in [0.05, 0.1) is 0 Å². The molecule has 1 aliphatic heterocycles. The van der Waals surface area contributed by atoms with Crippen molar-refractivity contribution < 1.29 is 0 Å². The number of nitrogens with one attached hydrogen (secondary N) is 1. The first-order valence-corrected chi connectivity index (χ1v) is 8.01. The number of hydrogen-bond donors (Lipinski definition) is 1. The van der Waals surface area contributed by atoms with E-state index in [1.54, 1.807) is 6.33 Å². The summed E-state index contributed by atoms with van der Waals surface area (Å²) in [5, 5.41) is 3.37. The predicted octanol–water partition coefficient (Wildman–Crippen LogP) is 2.42. The Hall–Kier alpha value is -1.36. The van der Waals surface area contributed by atoms with Crippen LogP contribution in [0, 0.1) is 5.92 Å². The smallest absolute Gasteiger partial charge is 0.137 e. The molecule has 5 nitrogen and oxygen atoms in total. The molecule has 1 unspecified atom stereocenters. The van der Waals surface area contributed by atoms with Gasteiger partial charge in [-0.2, -0.15) is 0 Å². The van der Waals surface area contributed by atoms with Crippen molar-refractivity contribution in [2.75, 3.05) is 50.5 Å². The van der Waals surface area contributed by atoms with Crippen LogP contribution >= 0.6 is 0 Å². The van der Waals surface area contributed by atoms with E-state index in [1.807, 2.05) is 0 Å². The molecule has 1 aliphatic rings. The van der Waals surface area contributed by atoms with Crippen molar-refractivity contribution in [2.24, 2.45) is 5.92 Å². The minimum atomic E-state index is 0.406. The van der Waals surface area contributed by atoms with E-state index < -0.39 is 0 Å². The highest BCUT2D eigenvalue weighted by Crippen LogP contribution is 2.31. The topological polar surface area (TPSA) is 44.3 Å². The normalized spacial score (nSPS) is 19.2. The number of anilines is 2. The molecular weight excluding hydrogens is 262 g/mol. The molecule has 0 aliphatic carbocycles. The average Bonchev–Trinajstić information content (AvgIpc) is 2.84. The highest BCUT2D eigenvalue weighted by atomic mass is 15.2. The quantitative estimate of drug-likeness (QED) is 0.872. The van der Waals surface area contributed by atoms with Gasteiger partial charge in [-0.25, -0.2) is 9.97 Å². The van der Waals surface area contributed by atoms with Crippen LogP contribution in [0.5, 0.6) is 0 Å². The summed E-state index contributed by atoms with van der Waals surface area (Å²) >= 11 is 0. The fraction of sp³-hybridized carbons (Fsp3) is 0.750. The molecule has 1 fully saturated rings. The van der Waals surface area contributed by atoms with Gasteiger partial charge in [-0.05, 0) is 38.8 Å². The minimum Gasteiger partial charge on any atom is -0.370 e. The maximum Gasteiger partial charge on any atom is 0.137 e. The third-order valence-electron chi connectivity index (χ3n) is 4.17. The second-order valence-electron chi connectivity index (χ2n) is 6.44. The Balaban J connectivity index is 2.19. The summed E-state index contributed by atoms with van der Waals surface area (Å²) < 4.78 is 0. The van der Waals surface area contributed by atoms with E-state index in [4.69, 9.17) is 0 Å². The first kappa shape index (κ1) is 16.0. The fourth-order valence-corrected chi connectivity index (χ4v) is 3.18. The van der Waals surface area contributed by atoms with Crippen LogP contribution in [-0.4, -0.2) is 55.1 Å². The monoisotopic (exact) mass is 291 g/mol. The maximum atomic E-state index is 4.57. The lowest BCUT2D eigenvalue weighted by Gasteiger charge is -2.26. The molecule has 0 spiro atoms. The zero-order chi connectivity index (χ0) is 15.4. The Bertz CT molecular complexity index is 460. The van der Waals surface area contributed by atoms with Gasteiger partial charge in [-0.1, -0.05) is 13.8 Å². The summed E-state index contributed by atoms with van der Waals surface area (Å²) in [6.45, 7) is 10.9. The average molecular weight is 291 g/mol. The molecular formula is C16H29N5. The van der Waals surface area contributed by atoms with Crippen LogP contribution in [0.15, 0.2) is 6.33 Å². The fourth-order valence-electron chi connectivity index (χ4n) is 3.18. The van der Waals surface area contributed by atoms with E-state index in [1.165, 1.54) is 25.1 Å². The molecule has 0 bridgehead atoms. The molecule has 0 radical (unpaired) electrons. The lowest BCUT2D eigenvalue weighted by molar-refractivity contribution is 0.395. The summed E-state index contributed by atoms with van der Waals surface area (Å²) in [6, 6.07) is 0. The Labute approximate surface area is 128 Å². The minimum absolute atomic E-state index is 0.406. The van der Waals surface area contributed by atoms with Crippen molar-refractivity contribution in [1.29, 1.82) is 0 Å². The van der Waals surface area contributed by atoms with Crippen molar-refractivity contribution in [3.8, 4) is 0 Å². The van der Waals surface area contributed by atoms with Gasteiger partial charge in [0.25, 0.3) is 0 Å². The van der Waals surface area contributed by atoms with Gasteiger partial charge in [-0.15, -0.1) is 0 Å². The predicted molar refractivity (Wildman–Crippen MR) is 89.2 cm³/mol. The lowest BCUT2D eigenvalue weighted by Crippen LogP contribution is -2.29. The van der Waals surface area contributed by atoms with E-state index in [9.17, 15) is 0 Å². The second kappa shape index (κ2) is 7.07. The van der Waals surface area contributed by atoms with Crippen LogP contribution in [0.4, 0.5) is 11.6 Å². The van der Waals surface area contributed by atoms with Crippen molar-refractivity contribution in [3.05, 3.63) is 11.9 Å². The summed E-state index contributed by atoms with van der Waals surface area (Å²) in [7, 11) is 4.36. The Morgan fingerprint density at radius 3 is 2.76 bits per heavy atom. The van der Waals surface area contributed by atoms with Crippen LogP contribution < -0.4 is 10.2 Å². The van der Waals surface area contributed by atoms with E-state index in [-0.39, 0.29) is 0 Å². The Morgan fingerprint density at radius 1 is 1.43 bits per heavy atom. The van der Waals surface area contributed by atoms with Crippen LogP contribution in [0.3, 0.4) is 0 Å². The molecule has 2 rings (SSSR count). The first-order valence-electron chi connectivity index (χ1n) is 8.01. The van der Waals surface area contributed by atoms with Crippen molar-refractivity contribution >= 4 is 11.6 Å². The van der Waals surface area contributed by atoms with Crippen LogP contribution in [0.2, 0.25) is 0 Å². The zero-order valence-corrected chi connectivity index (χ0v) is 14.1. The zero-order valence-electron chi connectivity index (χ0n) is 14.1. The molecule has 5 heteroatoms. The first-order chi connectivity index (χ1) is 10.0. The molecule has 118 valence electrons. The molecule has 1 N–H and O–H groups in total. The lowest BCUT2D eigenvalue weighted by atomic mass is 10.0. The molecule has 0 saturated carbocycles. The number of hydrogen-bond acceptors (Lipinski definition) is 5. The van der Waals surface area contributed by atoms with Gasteiger partial charge in [0, 0.05) is 32.2 Å². The Kier molecular flexibility index (Phi) is 5.39. The van der Waals surface area contributed by atoms with E-state index in [2.05, 4.69) is 60.0 Å². The SMILES string of the molecule is CCNc1ncnc(N(C)CC2CCN(C)C2)c1C(C)C. The van der Waals surface area contributed by atoms with Crippen LogP contribution in [0.1, 0.15) is 38.7 Å². The molecule has 21 heavy (non-hydrogen) atoms. The summed E-state index contributed by atoms with van der Waals surface area (Å²) in [5.74, 6) is 3.19. The molecule has 1 saturated heterocycles. The number of likely N-dealkylation sites (tertiary alicyclic amines) is 1. The molecule has 0 aromatic carbocycles. The van der Waals surface area contributed by atoms with E-state index in [0.717, 1.165) is 30.6 Å². The van der Waals surface area contributed by atoms with Crippen molar-refractivity contribution in [3.63, 3.8) is 0 Å². The molecule has 1 aromatic heterocycles. The summed E-state index contributed by atoms with van der Waals surface area (Å²) in [4.78, 5) is 13.7. The van der Waals surface area contributed by atoms with E-state index >= 15 is 0 Å². The van der Waals surface area contributed by atoms with Gasteiger partial charge in [0.1, 0.15) is 18.0 Å². The third-order valence-corrected chi connectivity index (χ3v) is 4.17. The van der Waals surface area contributed by atoms with Gasteiger partial charge in [-0.3, -0.25) is 0 Å². The molecule has 1 aromatic rings. The largest absolute Gasteiger partial charge is 0.370 e. The third kappa shape index (κ3) is 3.84.